The minimum atomic E-state index is -0.429. The fourth-order valence-electron chi connectivity index (χ4n) is 3.84. The van der Waals surface area contributed by atoms with Crippen LogP contribution >= 0.6 is 0 Å². The number of benzene rings is 1. The van der Waals surface area contributed by atoms with Crippen LogP contribution in [-0.4, -0.2) is 43.6 Å². The van der Waals surface area contributed by atoms with Crippen LogP contribution in [0.1, 0.15) is 24.2 Å². The molecule has 2 aromatic heterocycles. The van der Waals surface area contributed by atoms with Gasteiger partial charge in [-0.05, 0) is 26.0 Å². The number of fused-ring (bicyclic) bond motifs is 1. The number of carbonyl (C=O) groups excluding carboxylic acids is 1. The van der Waals surface area contributed by atoms with E-state index in [1.807, 2.05) is 51.4 Å². The highest BCUT2D eigenvalue weighted by Crippen LogP contribution is 2.38. The molecule has 3 heterocycles. The summed E-state index contributed by atoms with van der Waals surface area (Å²) in [5.41, 5.74) is 2.44. The number of hydrogen-bond donors (Lipinski definition) is 2. The number of nitrogens with zero attached hydrogens (tertiary/aromatic N) is 5. The van der Waals surface area contributed by atoms with Crippen LogP contribution in [0.4, 0.5) is 11.6 Å². The first-order chi connectivity index (χ1) is 13.5. The van der Waals surface area contributed by atoms with Gasteiger partial charge in [0.25, 0.3) is 0 Å². The number of para-hydroxylation sites is 2. The average Bonchev–Trinajstić information content (AvgIpc) is 3.26. The third-order valence-corrected chi connectivity index (χ3v) is 5.11. The Balaban J connectivity index is 1.75. The summed E-state index contributed by atoms with van der Waals surface area (Å²) in [4.78, 5) is 17.7. The van der Waals surface area contributed by atoms with Crippen LogP contribution in [0.25, 0.3) is 0 Å². The molecule has 2 N–H and O–H groups in total. The molecule has 28 heavy (non-hydrogen) atoms. The maximum atomic E-state index is 13.4. The van der Waals surface area contributed by atoms with E-state index in [1.54, 1.807) is 16.5 Å². The van der Waals surface area contributed by atoms with Crippen molar-refractivity contribution in [1.29, 1.82) is 0 Å². The van der Waals surface area contributed by atoms with E-state index in [4.69, 9.17) is 4.74 Å². The number of amides is 1. The lowest BCUT2D eigenvalue weighted by atomic mass is 9.85. The normalized spacial score (nSPS) is 20.9. The highest BCUT2D eigenvalue weighted by molar-refractivity contribution is 5.95. The van der Waals surface area contributed by atoms with E-state index < -0.39 is 5.92 Å². The third-order valence-electron chi connectivity index (χ3n) is 5.11. The van der Waals surface area contributed by atoms with E-state index in [9.17, 15) is 4.79 Å². The predicted octanol–water partition coefficient (Wildman–Crippen LogP) is 1.99. The topological polar surface area (TPSA) is 98.9 Å². The van der Waals surface area contributed by atoms with Crippen molar-refractivity contribution < 1.29 is 9.53 Å². The maximum Gasteiger partial charge on any atom is 0.232 e. The van der Waals surface area contributed by atoms with Crippen molar-refractivity contribution in [1.82, 2.24) is 24.5 Å². The van der Waals surface area contributed by atoms with Gasteiger partial charge >= 0.3 is 0 Å². The molecule has 3 atom stereocenters. The molecule has 0 radical (unpaired) electrons. The molecule has 0 saturated heterocycles. The van der Waals surface area contributed by atoms with Crippen molar-refractivity contribution in [3.8, 4) is 5.75 Å². The van der Waals surface area contributed by atoms with Crippen LogP contribution in [0.3, 0.4) is 0 Å². The van der Waals surface area contributed by atoms with Crippen LogP contribution in [0.2, 0.25) is 0 Å². The zero-order valence-corrected chi connectivity index (χ0v) is 16.2. The molecule has 9 nitrogen and oxygen atoms in total. The fraction of sp³-hybridized carbons (Fsp3) is 0.368. The van der Waals surface area contributed by atoms with Gasteiger partial charge in [0.05, 0.1) is 30.5 Å². The third kappa shape index (κ3) is 2.98. The second kappa shape index (κ2) is 6.99. The zero-order chi connectivity index (χ0) is 19.8. The lowest BCUT2D eigenvalue weighted by molar-refractivity contribution is -0.121. The summed E-state index contributed by atoms with van der Waals surface area (Å²) in [5, 5.41) is 15.1. The van der Waals surface area contributed by atoms with Crippen molar-refractivity contribution >= 4 is 17.5 Å². The zero-order valence-electron chi connectivity index (χ0n) is 16.2. The molecule has 9 heteroatoms. The molecule has 1 aliphatic rings. The van der Waals surface area contributed by atoms with Crippen LogP contribution in [0.15, 0.2) is 36.8 Å². The SMILES string of the molecule is COc1ccccc1NC(=O)[C@H]1[C@H](C)Nc2ncnn2[C@@H]1c1cn(C)nc1C. The molecular formula is C19H23N7O2. The van der Waals surface area contributed by atoms with Gasteiger partial charge in [-0.2, -0.15) is 15.2 Å². The Bertz CT molecular complexity index is 1010. The Labute approximate surface area is 162 Å². The molecule has 4 rings (SSSR count). The van der Waals surface area contributed by atoms with Crippen molar-refractivity contribution in [3.63, 3.8) is 0 Å². The minimum Gasteiger partial charge on any atom is -0.495 e. The van der Waals surface area contributed by atoms with Crippen LogP contribution in [0, 0.1) is 12.8 Å². The number of anilines is 2. The largest absolute Gasteiger partial charge is 0.495 e. The summed E-state index contributed by atoms with van der Waals surface area (Å²) < 4.78 is 8.88. The van der Waals surface area contributed by atoms with Gasteiger partial charge < -0.3 is 15.4 Å². The number of methoxy groups -OCH3 is 1. The summed E-state index contributed by atoms with van der Waals surface area (Å²) in [5.74, 6) is 0.700. The maximum absolute atomic E-state index is 13.4. The molecule has 1 aliphatic heterocycles. The first kappa shape index (κ1) is 18.0. The van der Waals surface area contributed by atoms with Crippen LogP contribution in [0.5, 0.6) is 5.75 Å². The van der Waals surface area contributed by atoms with Gasteiger partial charge in [0.1, 0.15) is 12.1 Å². The first-order valence-electron chi connectivity index (χ1n) is 9.09. The van der Waals surface area contributed by atoms with Gasteiger partial charge in [-0.25, -0.2) is 4.68 Å². The van der Waals surface area contributed by atoms with E-state index in [0.29, 0.717) is 17.4 Å². The Hall–Kier alpha value is -3.36. The molecule has 1 aromatic carbocycles. The first-order valence-corrected chi connectivity index (χ1v) is 9.09. The number of nitrogens with one attached hydrogen (secondary N) is 2. The number of aryl methyl sites for hydroxylation is 2. The van der Waals surface area contributed by atoms with Gasteiger partial charge in [0.15, 0.2) is 0 Å². The molecule has 146 valence electrons. The molecule has 0 saturated carbocycles. The Morgan fingerprint density at radius 3 is 2.82 bits per heavy atom. The van der Waals surface area contributed by atoms with E-state index in [1.165, 1.54) is 6.33 Å². The number of aromatic nitrogens is 5. The quantitative estimate of drug-likeness (QED) is 0.717. The summed E-state index contributed by atoms with van der Waals surface area (Å²) in [7, 11) is 3.45. The predicted molar refractivity (Wildman–Crippen MR) is 104 cm³/mol. The summed E-state index contributed by atoms with van der Waals surface area (Å²) in [6.07, 6.45) is 3.43. The molecule has 0 aliphatic carbocycles. The lowest BCUT2D eigenvalue weighted by Crippen LogP contribution is -2.46. The van der Waals surface area contributed by atoms with E-state index >= 15 is 0 Å². The van der Waals surface area contributed by atoms with Crippen LogP contribution in [-0.2, 0) is 11.8 Å². The molecular weight excluding hydrogens is 358 g/mol. The number of hydrogen-bond acceptors (Lipinski definition) is 6. The molecule has 0 unspecified atom stereocenters. The molecule has 0 bridgehead atoms. The van der Waals surface area contributed by atoms with Crippen molar-refractivity contribution in [2.75, 3.05) is 17.7 Å². The minimum absolute atomic E-state index is 0.126. The second-order valence-corrected chi connectivity index (χ2v) is 6.96. The molecule has 0 fully saturated rings. The van der Waals surface area contributed by atoms with E-state index in [0.717, 1.165) is 11.3 Å². The van der Waals surface area contributed by atoms with Gasteiger partial charge in [0, 0.05) is 24.8 Å². The number of rotatable bonds is 4. The van der Waals surface area contributed by atoms with E-state index in [-0.39, 0.29) is 18.0 Å². The smallest absolute Gasteiger partial charge is 0.232 e. The number of carbonyl (C=O) groups is 1. The second-order valence-electron chi connectivity index (χ2n) is 6.96. The Morgan fingerprint density at radius 1 is 1.32 bits per heavy atom. The lowest BCUT2D eigenvalue weighted by Gasteiger charge is -2.36. The van der Waals surface area contributed by atoms with Crippen molar-refractivity contribution in [2.45, 2.75) is 25.9 Å². The average molecular weight is 381 g/mol. The van der Waals surface area contributed by atoms with Gasteiger partial charge in [-0.1, -0.05) is 12.1 Å². The number of ether oxygens (including phenoxy) is 1. The van der Waals surface area contributed by atoms with Crippen molar-refractivity contribution in [2.24, 2.45) is 13.0 Å². The molecule has 3 aromatic rings. The van der Waals surface area contributed by atoms with Gasteiger partial charge in [-0.3, -0.25) is 9.48 Å². The monoisotopic (exact) mass is 381 g/mol. The Morgan fingerprint density at radius 2 is 2.11 bits per heavy atom. The molecule has 0 spiro atoms. The standard InChI is InChI=1S/C19H23N7O2/c1-11-13(9-25(3)24-11)17-16(12(2)22-19-20-10-21-26(17)19)18(27)23-14-7-5-6-8-15(14)28-4/h5-10,12,16-17H,1-4H3,(H,23,27)(H,20,21,22)/t12-,16-,17+/m0/s1. The van der Waals surface area contributed by atoms with E-state index in [2.05, 4.69) is 25.8 Å². The summed E-state index contributed by atoms with van der Waals surface area (Å²) in [6.45, 7) is 3.91. The Kier molecular flexibility index (Phi) is 4.50. The fourth-order valence-corrected chi connectivity index (χ4v) is 3.84. The molecule has 1 amide bonds. The highest BCUT2D eigenvalue weighted by Gasteiger charge is 2.42. The van der Waals surface area contributed by atoms with Crippen molar-refractivity contribution in [3.05, 3.63) is 48.0 Å². The van der Waals surface area contributed by atoms with Crippen LogP contribution < -0.4 is 15.4 Å². The summed E-state index contributed by atoms with van der Waals surface area (Å²) >= 11 is 0. The van der Waals surface area contributed by atoms with Gasteiger partial charge in [-0.15, -0.1) is 0 Å². The van der Waals surface area contributed by atoms with Gasteiger partial charge in [0.2, 0.25) is 11.9 Å². The highest BCUT2D eigenvalue weighted by atomic mass is 16.5. The summed E-state index contributed by atoms with van der Waals surface area (Å²) in [6, 6.07) is 6.88.